The maximum atomic E-state index is 12.0. The number of para-hydroxylation sites is 2. The van der Waals surface area contributed by atoms with Gasteiger partial charge < -0.3 is 14.8 Å². The van der Waals surface area contributed by atoms with Gasteiger partial charge in [-0.2, -0.15) is 0 Å². The lowest BCUT2D eigenvalue weighted by molar-refractivity contribution is -0.117. The Balaban J connectivity index is 1.61. The van der Waals surface area contributed by atoms with Gasteiger partial charge in [0.25, 0.3) is 0 Å². The van der Waals surface area contributed by atoms with Crippen LogP contribution in [0.1, 0.15) is 11.5 Å². The topological polar surface area (TPSA) is 75.4 Å². The molecule has 0 aliphatic carbocycles. The lowest BCUT2D eigenvalue weighted by Gasteiger charge is -2.15. The number of oxazole rings is 1. The van der Waals surface area contributed by atoms with E-state index in [1.807, 2.05) is 54.6 Å². The van der Waals surface area contributed by atoms with Gasteiger partial charge in [-0.05, 0) is 24.1 Å². The highest BCUT2D eigenvalue weighted by Crippen LogP contribution is 2.15. The first-order valence-corrected chi connectivity index (χ1v) is 7.73. The van der Waals surface area contributed by atoms with Crippen LogP contribution in [0.25, 0.3) is 17.2 Å². The van der Waals surface area contributed by atoms with E-state index in [1.165, 1.54) is 12.2 Å². The summed E-state index contributed by atoms with van der Waals surface area (Å²) in [6.45, 7) is -0.128. The van der Waals surface area contributed by atoms with E-state index in [-0.39, 0.29) is 18.6 Å². The number of benzene rings is 2. The number of nitrogens with zero attached hydrogens (tertiary/aromatic N) is 1. The summed E-state index contributed by atoms with van der Waals surface area (Å²) in [5.41, 5.74) is 2.48. The number of carbonyl (C=O) groups is 1. The summed E-state index contributed by atoms with van der Waals surface area (Å²) in [5.74, 6) is 0.0715. The molecule has 3 aromatic rings. The van der Waals surface area contributed by atoms with Gasteiger partial charge >= 0.3 is 0 Å². The lowest BCUT2D eigenvalue weighted by Crippen LogP contribution is -2.38. The minimum absolute atomic E-state index is 0.128. The van der Waals surface area contributed by atoms with Gasteiger partial charge in [0.1, 0.15) is 5.52 Å². The van der Waals surface area contributed by atoms with Crippen molar-refractivity contribution in [2.45, 2.75) is 12.5 Å². The zero-order valence-corrected chi connectivity index (χ0v) is 13.1. The average molecular weight is 322 g/mol. The Hall–Kier alpha value is -2.92. The van der Waals surface area contributed by atoms with E-state index in [2.05, 4.69) is 10.3 Å². The number of rotatable bonds is 6. The second kappa shape index (κ2) is 7.57. The van der Waals surface area contributed by atoms with Gasteiger partial charge in [0.05, 0.1) is 12.6 Å². The quantitative estimate of drug-likeness (QED) is 0.684. The molecule has 122 valence electrons. The molecule has 1 atom stereocenters. The summed E-state index contributed by atoms with van der Waals surface area (Å²) in [6.07, 6.45) is 3.45. The van der Waals surface area contributed by atoms with Crippen LogP contribution in [-0.4, -0.2) is 28.6 Å². The third-order valence-corrected chi connectivity index (χ3v) is 3.58. The molecule has 24 heavy (non-hydrogen) atoms. The minimum Gasteiger partial charge on any atom is -0.437 e. The highest BCUT2D eigenvalue weighted by atomic mass is 16.3. The van der Waals surface area contributed by atoms with E-state index in [0.29, 0.717) is 17.9 Å². The Morgan fingerprint density at radius 3 is 2.67 bits per heavy atom. The Morgan fingerprint density at radius 2 is 1.92 bits per heavy atom. The number of fused-ring (bicyclic) bond motifs is 1. The molecule has 0 aliphatic rings. The number of aliphatic hydroxyl groups is 1. The third kappa shape index (κ3) is 4.08. The first kappa shape index (κ1) is 16.0. The maximum Gasteiger partial charge on any atom is 0.244 e. The fourth-order valence-corrected chi connectivity index (χ4v) is 2.42. The molecule has 2 aromatic carbocycles. The minimum atomic E-state index is -0.340. The molecule has 3 rings (SSSR count). The molecule has 5 nitrogen and oxygen atoms in total. The average Bonchev–Trinajstić information content (AvgIpc) is 3.03. The van der Waals surface area contributed by atoms with Crippen molar-refractivity contribution in [2.24, 2.45) is 0 Å². The smallest absolute Gasteiger partial charge is 0.244 e. The first-order chi connectivity index (χ1) is 11.7. The number of aliphatic hydroxyl groups excluding tert-OH is 1. The molecule has 0 bridgehead atoms. The summed E-state index contributed by atoms with van der Waals surface area (Å²) >= 11 is 0. The van der Waals surface area contributed by atoms with Crippen LogP contribution in [0.4, 0.5) is 0 Å². The van der Waals surface area contributed by atoms with E-state index in [0.717, 1.165) is 11.1 Å². The number of aromatic nitrogens is 1. The van der Waals surface area contributed by atoms with Crippen LogP contribution in [0.2, 0.25) is 0 Å². The van der Waals surface area contributed by atoms with Gasteiger partial charge in [0, 0.05) is 12.2 Å². The van der Waals surface area contributed by atoms with Crippen molar-refractivity contribution >= 4 is 23.1 Å². The molecule has 2 N–H and O–H groups in total. The highest BCUT2D eigenvalue weighted by Gasteiger charge is 2.10. The van der Waals surface area contributed by atoms with Gasteiger partial charge in [-0.15, -0.1) is 0 Å². The fraction of sp³-hybridized carbons (Fsp3) is 0.158. The lowest BCUT2D eigenvalue weighted by atomic mass is 10.1. The van der Waals surface area contributed by atoms with Crippen molar-refractivity contribution in [2.75, 3.05) is 6.61 Å². The van der Waals surface area contributed by atoms with Gasteiger partial charge in [-0.25, -0.2) is 4.98 Å². The molecular weight excluding hydrogens is 304 g/mol. The van der Waals surface area contributed by atoms with E-state index in [4.69, 9.17) is 4.42 Å². The van der Waals surface area contributed by atoms with Crippen LogP contribution >= 0.6 is 0 Å². The Labute approximate surface area is 139 Å². The van der Waals surface area contributed by atoms with Crippen LogP contribution in [0, 0.1) is 0 Å². The van der Waals surface area contributed by atoms with Crippen molar-refractivity contribution < 1.29 is 14.3 Å². The summed E-state index contributed by atoms with van der Waals surface area (Å²) in [7, 11) is 0. The van der Waals surface area contributed by atoms with Crippen molar-refractivity contribution in [3.8, 4) is 0 Å². The van der Waals surface area contributed by atoms with Gasteiger partial charge in [0.15, 0.2) is 5.58 Å². The monoisotopic (exact) mass is 322 g/mol. The van der Waals surface area contributed by atoms with Crippen molar-refractivity contribution in [3.63, 3.8) is 0 Å². The van der Waals surface area contributed by atoms with E-state index >= 15 is 0 Å². The molecule has 0 saturated heterocycles. The van der Waals surface area contributed by atoms with Gasteiger partial charge in [-0.3, -0.25) is 4.79 Å². The molecular formula is C19H18N2O3. The third-order valence-electron chi connectivity index (χ3n) is 3.58. The predicted molar refractivity (Wildman–Crippen MR) is 92.2 cm³/mol. The first-order valence-electron chi connectivity index (χ1n) is 7.73. The zero-order chi connectivity index (χ0) is 16.8. The molecule has 1 heterocycles. The van der Waals surface area contributed by atoms with E-state index < -0.39 is 0 Å². The second-order valence-corrected chi connectivity index (χ2v) is 5.43. The van der Waals surface area contributed by atoms with Crippen LogP contribution in [0.15, 0.2) is 65.1 Å². The summed E-state index contributed by atoms with van der Waals surface area (Å²) in [6, 6.07) is 16.8. The van der Waals surface area contributed by atoms with Crippen LogP contribution < -0.4 is 5.32 Å². The van der Waals surface area contributed by atoms with E-state index in [9.17, 15) is 9.90 Å². The standard InChI is InChI=1S/C19H18N2O3/c22-13-15(12-14-6-2-1-3-7-14)20-18(23)10-11-19-21-16-8-4-5-9-17(16)24-19/h1-11,15,22H,12-13H2,(H,20,23)/b11-10+. The van der Waals surface area contributed by atoms with Gasteiger partial charge in [-0.1, -0.05) is 42.5 Å². The number of nitrogens with one attached hydrogen (secondary N) is 1. The van der Waals surface area contributed by atoms with Crippen molar-refractivity contribution in [1.29, 1.82) is 0 Å². The second-order valence-electron chi connectivity index (χ2n) is 5.43. The normalized spacial score (nSPS) is 12.5. The summed E-state index contributed by atoms with van der Waals surface area (Å²) in [5, 5.41) is 12.2. The zero-order valence-electron chi connectivity index (χ0n) is 13.1. The maximum absolute atomic E-state index is 12.0. The van der Waals surface area contributed by atoms with E-state index in [1.54, 1.807) is 0 Å². The molecule has 1 aromatic heterocycles. The largest absolute Gasteiger partial charge is 0.437 e. The molecule has 0 spiro atoms. The van der Waals surface area contributed by atoms with Crippen LogP contribution in [0.5, 0.6) is 0 Å². The SMILES string of the molecule is O=C(/C=C/c1nc2ccccc2o1)NC(CO)Cc1ccccc1. The molecule has 5 heteroatoms. The Bertz CT molecular complexity index is 807. The van der Waals surface area contributed by atoms with Crippen molar-refractivity contribution in [3.05, 3.63) is 72.1 Å². The molecule has 0 fully saturated rings. The highest BCUT2D eigenvalue weighted by molar-refractivity contribution is 5.91. The van der Waals surface area contributed by atoms with Crippen molar-refractivity contribution in [1.82, 2.24) is 10.3 Å². The number of amides is 1. The molecule has 1 amide bonds. The fourth-order valence-electron chi connectivity index (χ4n) is 2.42. The number of hydrogen-bond acceptors (Lipinski definition) is 4. The van der Waals surface area contributed by atoms with Crippen LogP contribution in [-0.2, 0) is 11.2 Å². The number of carbonyl (C=O) groups excluding carboxylic acids is 1. The Morgan fingerprint density at radius 1 is 1.17 bits per heavy atom. The number of hydrogen-bond donors (Lipinski definition) is 2. The molecule has 0 saturated carbocycles. The molecule has 0 radical (unpaired) electrons. The molecule has 1 unspecified atom stereocenters. The summed E-state index contributed by atoms with van der Waals surface area (Å²) < 4.78 is 5.52. The summed E-state index contributed by atoms with van der Waals surface area (Å²) in [4.78, 5) is 16.3. The molecule has 0 aliphatic heterocycles. The van der Waals surface area contributed by atoms with Crippen LogP contribution in [0.3, 0.4) is 0 Å². The Kier molecular flexibility index (Phi) is 5.03. The predicted octanol–water partition coefficient (Wildman–Crippen LogP) is 2.56. The van der Waals surface area contributed by atoms with Gasteiger partial charge in [0.2, 0.25) is 11.8 Å².